The number of aryl methyl sites for hydroxylation is 1. The number of fused-ring (bicyclic) bond motifs is 1. The normalized spacial score (nSPS) is 14.6. The van der Waals surface area contributed by atoms with E-state index in [1.165, 1.54) is 11.3 Å². The molecule has 4 aromatic rings. The highest BCUT2D eigenvalue weighted by Crippen LogP contribution is 2.36. The minimum absolute atomic E-state index is 0.355. The SMILES string of the molecule is Cc1cccc(-n2cc(-c3ccc(N(C)C)cc3)c3c(NC4CCOCC4)ncnc32)c1. The second kappa shape index (κ2) is 8.63. The molecule has 1 fully saturated rings. The van der Waals surface area contributed by atoms with Gasteiger partial charge in [-0.2, -0.15) is 0 Å². The van der Waals surface area contributed by atoms with Crippen LogP contribution in [-0.2, 0) is 4.74 Å². The van der Waals surface area contributed by atoms with E-state index in [4.69, 9.17) is 9.72 Å². The Morgan fingerprint density at radius 3 is 2.53 bits per heavy atom. The fraction of sp³-hybridized carbons (Fsp3) is 0.308. The van der Waals surface area contributed by atoms with E-state index in [2.05, 4.69) is 95.5 Å². The number of nitrogens with zero attached hydrogens (tertiary/aromatic N) is 4. The number of anilines is 2. The van der Waals surface area contributed by atoms with Gasteiger partial charge in [0.2, 0.25) is 0 Å². The van der Waals surface area contributed by atoms with Gasteiger partial charge in [0, 0.05) is 56.5 Å². The molecule has 6 heteroatoms. The third kappa shape index (κ3) is 3.94. The Bertz CT molecular complexity index is 1220. The van der Waals surface area contributed by atoms with Crippen LogP contribution in [0.2, 0.25) is 0 Å². The summed E-state index contributed by atoms with van der Waals surface area (Å²) in [6.07, 6.45) is 5.82. The van der Waals surface area contributed by atoms with E-state index in [-0.39, 0.29) is 0 Å². The zero-order chi connectivity index (χ0) is 22.1. The van der Waals surface area contributed by atoms with Crippen LogP contribution < -0.4 is 10.2 Å². The summed E-state index contributed by atoms with van der Waals surface area (Å²) in [4.78, 5) is 11.5. The molecule has 1 N–H and O–H groups in total. The number of nitrogens with one attached hydrogen (secondary N) is 1. The highest BCUT2D eigenvalue weighted by Gasteiger charge is 2.21. The molecule has 0 saturated carbocycles. The number of rotatable bonds is 5. The molecule has 0 spiro atoms. The van der Waals surface area contributed by atoms with E-state index in [0.29, 0.717) is 6.04 Å². The molecule has 2 aromatic carbocycles. The van der Waals surface area contributed by atoms with Crippen LogP contribution in [0, 0.1) is 6.92 Å². The molecule has 1 saturated heterocycles. The summed E-state index contributed by atoms with van der Waals surface area (Å²) in [5.74, 6) is 0.889. The Labute approximate surface area is 188 Å². The fourth-order valence-electron chi connectivity index (χ4n) is 4.34. The zero-order valence-electron chi connectivity index (χ0n) is 18.9. The molecule has 32 heavy (non-hydrogen) atoms. The summed E-state index contributed by atoms with van der Waals surface area (Å²) < 4.78 is 7.72. The molecule has 1 aliphatic heterocycles. The van der Waals surface area contributed by atoms with Gasteiger partial charge in [-0.25, -0.2) is 9.97 Å². The number of hydrogen-bond acceptors (Lipinski definition) is 5. The van der Waals surface area contributed by atoms with E-state index in [0.717, 1.165) is 59.7 Å². The second-order valence-electron chi connectivity index (χ2n) is 8.64. The predicted octanol–water partition coefficient (Wildman–Crippen LogP) is 5.05. The number of ether oxygens (including phenoxy) is 1. The minimum atomic E-state index is 0.355. The van der Waals surface area contributed by atoms with Crippen molar-refractivity contribution in [1.29, 1.82) is 0 Å². The van der Waals surface area contributed by atoms with Crippen molar-refractivity contribution in [3.8, 4) is 16.8 Å². The topological polar surface area (TPSA) is 55.2 Å². The monoisotopic (exact) mass is 427 g/mol. The van der Waals surface area contributed by atoms with Crippen LogP contribution in [0.25, 0.3) is 27.8 Å². The lowest BCUT2D eigenvalue weighted by Crippen LogP contribution is -2.28. The van der Waals surface area contributed by atoms with Crippen molar-refractivity contribution in [3.05, 3.63) is 66.6 Å². The highest BCUT2D eigenvalue weighted by molar-refractivity contribution is 6.02. The van der Waals surface area contributed by atoms with E-state index in [1.807, 2.05) is 0 Å². The minimum Gasteiger partial charge on any atom is -0.381 e. The fourth-order valence-corrected chi connectivity index (χ4v) is 4.34. The van der Waals surface area contributed by atoms with Gasteiger partial charge in [-0.15, -0.1) is 0 Å². The van der Waals surface area contributed by atoms with Crippen molar-refractivity contribution in [2.45, 2.75) is 25.8 Å². The van der Waals surface area contributed by atoms with E-state index >= 15 is 0 Å². The first-order valence-electron chi connectivity index (χ1n) is 11.2. The van der Waals surface area contributed by atoms with Gasteiger partial charge in [0.15, 0.2) is 5.65 Å². The third-order valence-corrected chi connectivity index (χ3v) is 6.12. The highest BCUT2D eigenvalue weighted by atomic mass is 16.5. The Hall–Kier alpha value is -3.38. The van der Waals surface area contributed by atoms with Crippen LogP contribution in [-0.4, -0.2) is 47.9 Å². The lowest BCUT2D eigenvalue weighted by molar-refractivity contribution is 0.0904. The number of hydrogen-bond donors (Lipinski definition) is 1. The van der Waals surface area contributed by atoms with Gasteiger partial charge in [-0.05, 0) is 55.2 Å². The molecule has 164 valence electrons. The maximum Gasteiger partial charge on any atom is 0.150 e. The van der Waals surface area contributed by atoms with E-state index < -0.39 is 0 Å². The third-order valence-electron chi connectivity index (χ3n) is 6.12. The van der Waals surface area contributed by atoms with E-state index in [9.17, 15) is 0 Å². The van der Waals surface area contributed by atoms with Crippen molar-refractivity contribution in [2.24, 2.45) is 0 Å². The molecular weight excluding hydrogens is 398 g/mol. The molecule has 1 aliphatic rings. The van der Waals surface area contributed by atoms with Crippen molar-refractivity contribution in [1.82, 2.24) is 14.5 Å². The van der Waals surface area contributed by atoms with Crippen molar-refractivity contribution in [2.75, 3.05) is 37.5 Å². The first-order chi connectivity index (χ1) is 15.6. The molecule has 0 radical (unpaired) electrons. The van der Waals surface area contributed by atoms with Gasteiger partial charge >= 0.3 is 0 Å². The smallest absolute Gasteiger partial charge is 0.150 e. The van der Waals surface area contributed by atoms with Crippen molar-refractivity contribution < 1.29 is 4.74 Å². The van der Waals surface area contributed by atoms with Gasteiger partial charge < -0.3 is 19.5 Å². The van der Waals surface area contributed by atoms with Crippen LogP contribution in [0.3, 0.4) is 0 Å². The van der Waals surface area contributed by atoms with Crippen LogP contribution in [0.4, 0.5) is 11.5 Å². The summed E-state index contributed by atoms with van der Waals surface area (Å²) in [7, 11) is 4.12. The van der Waals surface area contributed by atoms with E-state index in [1.54, 1.807) is 6.33 Å². The number of aromatic nitrogens is 3. The predicted molar refractivity (Wildman–Crippen MR) is 131 cm³/mol. The van der Waals surface area contributed by atoms with Crippen molar-refractivity contribution in [3.63, 3.8) is 0 Å². The molecular formula is C26H29N5O. The first kappa shape index (κ1) is 20.5. The Kier molecular flexibility index (Phi) is 5.53. The average molecular weight is 428 g/mol. The maximum absolute atomic E-state index is 5.54. The molecule has 6 nitrogen and oxygen atoms in total. The molecule has 5 rings (SSSR count). The summed E-state index contributed by atoms with van der Waals surface area (Å²) >= 11 is 0. The van der Waals surface area contributed by atoms with Crippen LogP contribution in [0.1, 0.15) is 18.4 Å². The van der Waals surface area contributed by atoms with Crippen LogP contribution in [0.5, 0.6) is 0 Å². The molecule has 3 heterocycles. The Balaban J connectivity index is 1.68. The van der Waals surface area contributed by atoms with Gasteiger partial charge in [-0.1, -0.05) is 24.3 Å². The molecule has 0 bridgehead atoms. The van der Waals surface area contributed by atoms with Gasteiger partial charge in [0.25, 0.3) is 0 Å². The first-order valence-corrected chi connectivity index (χ1v) is 11.2. The molecule has 0 unspecified atom stereocenters. The summed E-state index contributed by atoms with van der Waals surface area (Å²) in [6, 6.07) is 17.5. The summed E-state index contributed by atoms with van der Waals surface area (Å²) in [6.45, 7) is 3.69. The van der Waals surface area contributed by atoms with Gasteiger partial charge in [0.1, 0.15) is 12.1 Å². The Morgan fingerprint density at radius 2 is 1.81 bits per heavy atom. The average Bonchev–Trinajstić information content (AvgIpc) is 3.21. The summed E-state index contributed by atoms with van der Waals surface area (Å²) in [5.41, 5.74) is 6.68. The lowest BCUT2D eigenvalue weighted by Gasteiger charge is -2.24. The second-order valence-corrected chi connectivity index (χ2v) is 8.64. The molecule has 0 atom stereocenters. The summed E-state index contributed by atoms with van der Waals surface area (Å²) in [5, 5.41) is 4.74. The zero-order valence-corrected chi connectivity index (χ0v) is 18.9. The largest absolute Gasteiger partial charge is 0.381 e. The molecule has 0 amide bonds. The maximum atomic E-state index is 5.54. The quantitative estimate of drug-likeness (QED) is 0.483. The van der Waals surface area contributed by atoms with Crippen LogP contribution >= 0.6 is 0 Å². The lowest BCUT2D eigenvalue weighted by atomic mass is 10.0. The van der Waals surface area contributed by atoms with Gasteiger partial charge in [-0.3, -0.25) is 0 Å². The molecule has 2 aromatic heterocycles. The molecule has 0 aliphatic carbocycles. The standard InChI is InChI=1S/C26H29N5O/c1-18-5-4-6-22(15-18)31-16-23(19-7-9-21(10-8-19)30(2)3)24-25(27-17-28-26(24)31)29-20-11-13-32-14-12-20/h4-10,15-17,20H,11-14H2,1-3H3,(H,27,28,29). The Morgan fingerprint density at radius 1 is 1.03 bits per heavy atom. The number of benzene rings is 2. The van der Waals surface area contributed by atoms with Crippen LogP contribution in [0.15, 0.2) is 61.1 Å². The van der Waals surface area contributed by atoms with Gasteiger partial charge in [0.05, 0.1) is 5.39 Å². The van der Waals surface area contributed by atoms with Crippen molar-refractivity contribution >= 4 is 22.5 Å².